The maximum atomic E-state index is 10.0. The lowest BCUT2D eigenvalue weighted by Crippen LogP contribution is -1.73. The first-order chi connectivity index (χ1) is 6.76. The largest absolute Gasteiger partial charge is 0.320 e. The number of nitrogens with zero attached hydrogens (tertiary/aromatic N) is 1. The van der Waals surface area contributed by atoms with Crippen LogP contribution in [0.15, 0.2) is 30.3 Å². The van der Waals surface area contributed by atoms with Gasteiger partial charge >= 0.3 is 0 Å². The lowest BCUT2D eigenvalue weighted by molar-refractivity contribution is 0.112. The molecule has 0 unspecified atom stereocenters. The van der Waals surface area contributed by atoms with Crippen molar-refractivity contribution in [1.82, 2.24) is 0 Å². The number of rotatable bonds is 1. The molecule has 0 aliphatic rings. The summed E-state index contributed by atoms with van der Waals surface area (Å²) >= 11 is 0. The molecule has 2 heteroatoms. The molecule has 0 bridgehead atoms. The van der Waals surface area contributed by atoms with Crippen LogP contribution in [0, 0.1) is 6.57 Å². The third-order valence-corrected chi connectivity index (χ3v) is 0.936. The summed E-state index contributed by atoms with van der Waals surface area (Å²) in [6.45, 7) is 10.1. The molecule has 1 aromatic rings. The summed E-state index contributed by atoms with van der Waals surface area (Å²) in [6.07, 6.45) is 2.08. The third-order valence-electron chi connectivity index (χ3n) is 0.936. The van der Waals surface area contributed by atoms with E-state index < -0.39 is 0 Å². The van der Waals surface area contributed by atoms with Crippen molar-refractivity contribution in [3.05, 3.63) is 47.3 Å². The third kappa shape index (κ3) is 13.0. The second-order valence-electron chi connectivity index (χ2n) is 2.46. The zero-order valence-corrected chi connectivity index (χ0v) is 9.03. The fourth-order valence-electron chi connectivity index (χ4n) is 0.532. The van der Waals surface area contributed by atoms with Gasteiger partial charge in [0, 0.05) is 5.56 Å². The summed E-state index contributed by atoms with van der Waals surface area (Å²) in [5, 5.41) is 0. The fraction of sp³-hybridized carbons (Fsp3) is 0.333. The van der Waals surface area contributed by atoms with Gasteiger partial charge in [-0.1, -0.05) is 50.6 Å². The highest BCUT2D eigenvalue weighted by Crippen LogP contribution is 1.91. The van der Waals surface area contributed by atoms with Crippen molar-refractivity contribution in [1.29, 1.82) is 0 Å². The quantitative estimate of drug-likeness (QED) is 0.492. The maximum Gasteiger partial charge on any atom is 0.205 e. The van der Waals surface area contributed by atoms with Crippen LogP contribution in [-0.2, 0) is 0 Å². The minimum atomic E-state index is 0.729. The number of carbonyl (C=O) groups excluding carboxylic acids is 1. The smallest absolute Gasteiger partial charge is 0.205 e. The molecule has 0 fully saturated rings. The zero-order valence-electron chi connectivity index (χ0n) is 9.03. The van der Waals surface area contributed by atoms with Gasteiger partial charge in [0.2, 0.25) is 7.05 Å². The van der Waals surface area contributed by atoms with Crippen LogP contribution in [0.25, 0.3) is 4.85 Å². The second-order valence-corrected chi connectivity index (χ2v) is 2.46. The topological polar surface area (TPSA) is 21.4 Å². The first-order valence-electron chi connectivity index (χ1n) is 4.52. The van der Waals surface area contributed by atoms with E-state index in [-0.39, 0.29) is 0 Å². The predicted octanol–water partition coefficient (Wildman–Crippen LogP) is 3.45. The highest BCUT2D eigenvalue weighted by atomic mass is 16.1. The van der Waals surface area contributed by atoms with Gasteiger partial charge in [-0.2, -0.15) is 0 Å². The van der Waals surface area contributed by atoms with Gasteiger partial charge in [0.25, 0.3) is 0 Å². The van der Waals surface area contributed by atoms with Crippen LogP contribution in [-0.4, -0.2) is 13.3 Å². The molecule has 0 radical (unpaired) electrons. The SMILES string of the molecule is CCC.O=Cc1ccccc1.[C-]#[N+]C. The van der Waals surface area contributed by atoms with Gasteiger partial charge in [-0.15, -0.1) is 0 Å². The van der Waals surface area contributed by atoms with E-state index in [1.807, 2.05) is 18.2 Å². The van der Waals surface area contributed by atoms with Crippen molar-refractivity contribution < 1.29 is 4.79 Å². The van der Waals surface area contributed by atoms with E-state index in [9.17, 15) is 4.79 Å². The number of hydrogen-bond donors (Lipinski definition) is 0. The second kappa shape index (κ2) is 13.9. The average molecular weight is 191 g/mol. The maximum absolute atomic E-state index is 10.0. The van der Waals surface area contributed by atoms with Crippen molar-refractivity contribution in [2.24, 2.45) is 0 Å². The molecule has 2 nitrogen and oxygen atoms in total. The Kier molecular flexibility index (Phi) is 14.8. The summed E-state index contributed by atoms with van der Waals surface area (Å²) < 4.78 is 0. The molecule has 0 N–H and O–H groups in total. The highest BCUT2D eigenvalue weighted by Gasteiger charge is 1.79. The van der Waals surface area contributed by atoms with E-state index in [2.05, 4.69) is 18.7 Å². The van der Waals surface area contributed by atoms with E-state index in [1.54, 1.807) is 12.1 Å². The predicted molar refractivity (Wildman–Crippen MR) is 60.3 cm³/mol. The van der Waals surface area contributed by atoms with Crippen molar-refractivity contribution >= 4 is 6.29 Å². The summed E-state index contributed by atoms with van der Waals surface area (Å²) in [6, 6.07) is 9.10. The number of hydrogen-bond acceptors (Lipinski definition) is 1. The normalized spacial score (nSPS) is 6.71. The Hall–Kier alpha value is -1.62. The molecule has 0 heterocycles. The van der Waals surface area contributed by atoms with Crippen molar-refractivity contribution in [3.63, 3.8) is 0 Å². The fourth-order valence-corrected chi connectivity index (χ4v) is 0.532. The van der Waals surface area contributed by atoms with E-state index in [4.69, 9.17) is 6.57 Å². The highest BCUT2D eigenvalue weighted by molar-refractivity contribution is 5.74. The van der Waals surface area contributed by atoms with Crippen LogP contribution in [0.3, 0.4) is 0 Å². The number of carbonyl (C=O) groups is 1. The summed E-state index contributed by atoms with van der Waals surface area (Å²) in [5.74, 6) is 0. The number of benzene rings is 1. The number of aldehydes is 1. The Balaban J connectivity index is 0. The lowest BCUT2D eigenvalue weighted by Gasteiger charge is -1.81. The van der Waals surface area contributed by atoms with Gasteiger partial charge in [-0.25, -0.2) is 6.57 Å². The molecule has 0 aliphatic carbocycles. The van der Waals surface area contributed by atoms with Crippen molar-refractivity contribution in [2.45, 2.75) is 20.3 Å². The van der Waals surface area contributed by atoms with Crippen molar-refractivity contribution in [3.8, 4) is 0 Å². The van der Waals surface area contributed by atoms with E-state index >= 15 is 0 Å². The molecular formula is C12H17NO. The van der Waals surface area contributed by atoms with Crippen LogP contribution in [0.4, 0.5) is 0 Å². The molecular weight excluding hydrogens is 174 g/mol. The molecule has 0 aliphatic heterocycles. The Morgan fingerprint density at radius 1 is 1.29 bits per heavy atom. The molecule has 0 amide bonds. The monoisotopic (exact) mass is 191 g/mol. The summed E-state index contributed by atoms with van der Waals surface area (Å²) in [7, 11) is 1.42. The minimum absolute atomic E-state index is 0.729. The Morgan fingerprint density at radius 3 is 1.86 bits per heavy atom. The van der Waals surface area contributed by atoms with Crippen LogP contribution < -0.4 is 0 Å². The molecule has 14 heavy (non-hydrogen) atoms. The van der Waals surface area contributed by atoms with Gasteiger partial charge in [0.05, 0.1) is 0 Å². The van der Waals surface area contributed by atoms with Crippen molar-refractivity contribution in [2.75, 3.05) is 7.05 Å². The molecule has 0 spiro atoms. The first kappa shape index (κ1) is 14.9. The van der Waals surface area contributed by atoms with Gasteiger partial charge in [0.1, 0.15) is 6.29 Å². The molecule has 0 saturated heterocycles. The van der Waals surface area contributed by atoms with Gasteiger partial charge in [-0.3, -0.25) is 4.79 Å². The Bertz CT molecular complexity index is 249. The summed E-state index contributed by atoms with van der Waals surface area (Å²) in [5.41, 5.74) is 0.729. The Morgan fingerprint density at radius 2 is 1.64 bits per heavy atom. The van der Waals surface area contributed by atoms with E-state index in [1.165, 1.54) is 13.5 Å². The van der Waals surface area contributed by atoms with Gasteiger partial charge in [0.15, 0.2) is 0 Å². The molecule has 0 aromatic heterocycles. The van der Waals surface area contributed by atoms with E-state index in [0.717, 1.165) is 11.8 Å². The lowest BCUT2D eigenvalue weighted by atomic mass is 10.2. The zero-order chi connectivity index (χ0) is 11.2. The molecule has 1 rings (SSSR count). The molecule has 0 saturated carbocycles. The molecule has 0 atom stereocenters. The molecule has 76 valence electrons. The molecule has 1 aromatic carbocycles. The Labute approximate surface area is 86.4 Å². The van der Waals surface area contributed by atoms with Crippen LogP contribution in [0.5, 0.6) is 0 Å². The summed E-state index contributed by atoms with van der Waals surface area (Å²) in [4.78, 5) is 12.8. The van der Waals surface area contributed by atoms with Crippen LogP contribution >= 0.6 is 0 Å². The van der Waals surface area contributed by atoms with Gasteiger partial charge < -0.3 is 4.85 Å². The van der Waals surface area contributed by atoms with Gasteiger partial charge in [-0.05, 0) is 0 Å². The average Bonchev–Trinajstić information content (AvgIpc) is 2.21. The van der Waals surface area contributed by atoms with E-state index in [0.29, 0.717) is 0 Å². The van der Waals surface area contributed by atoms with Crippen LogP contribution in [0.2, 0.25) is 0 Å². The van der Waals surface area contributed by atoms with Crippen LogP contribution in [0.1, 0.15) is 30.6 Å². The standard InChI is InChI=1S/C7H6O.C3H8.C2H3N/c8-6-7-4-2-1-3-5-7;2*1-3-2/h1-6H;3H2,1-2H3;1H3. The minimum Gasteiger partial charge on any atom is -0.320 e. The first-order valence-corrected chi connectivity index (χ1v) is 4.52.